The van der Waals surface area contributed by atoms with Gasteiger partial charge in [-0.25, -0.2) is 0 Å². The van der Waals surface area contributed by atoms with Crippen LogP contribution in [0, 0.1) is 11.8 Å². The van der Waals surface area contributed by atoms with Gasteiger partial charge in [-0.2, -0.15) is 0 Å². The molecule has 1 aromatic carbocycles. The number of hydrogen-bond donors (Lipinski definition) is 1. The van der Waals surface area contributed by atoms with Crippen molar-refractivity contribution in [2.24, 2.45) is 11.8 Å². The number of rotatable bonds is 4. The molecule has 1 aliphatic heterocycles. The molecule has 2 unspecified atom stereocenters. The Morgan fingerprint density at radius 3 is 2.71 bits per heavy atom. The fourth-order valence-electron chi connectivity index (χ4n) is 2.79. The SMILES string of the molecule is CCOc1ccccc1C(=O)N1CCC(C(=O)O)C(C)C1. The second kappa shape index (κ2) is 6.61. The molecule has 1 saturated heterocycles. The number of carboxylic acid groups (broad SMARTS) is 1. The van der Waals surface area contributed by atoms with E-state index in [0.29, 0.717) is 37.4 Å². The molecule has 0 spiro atoms. The van der Waals surface area contributed by atoms with Crippen molar-refractivity contribution < 1.29 is 19.4 Å². The Kier molecular flexibility index (Phi) is 4.83. The summed E-state index contributed by atoms with van der Waals surface area (Å²) in [6, 6.07) is 7.18. The van der Waals surface area contributed by atoms with Crippen LogP contribution in [0.3, 0.4) is 0 Å². The van der Waals surface area contributed by atoms with E-state index in [1.807, 2.05) is 26.0 Å². The monoisotopic (exact) mass is 291 g/mol. The zero-order chi connectivity index (χ0) is 15.4. The van der Waals surface area contributed by atoms with Gasteiger partial charge in [0, 0.05) is 13.1 Å². The van der Waals surface area contributed by atoms with Gasteiger partial charge in [-0.15, -0.1) is 0 Å². The van der Waals surface area contributed by atoms with E-state index >= 15 is 0 Å². The Morgan fingerprint density at radius 1 is 1.38 bits per heavy atom. The van der Waals surface area contributed by atoms with Gasteiger partial charge in [-0.1, -0.05) is 19.1 Å². The third-order valence-corrected chi connectivity index (χ3v) is 3.93. The zero-order valence-electron chi connectivity index (χ0n) is 12.4. The number of carboxylic acids is 1. The number of nitrogens with zero attached hydrogens (tertiary/aromatic N) is 1. The smallest absolute Gasteiger partial charge is 0.306 e. The molecule has 0 saturated carbocycles. The highest BCUT2D eigenvalue weighted by atomic mass is 16.5. The van der Waals surface area contributed by atoms with Crippen molar-refractivity contribution in [2.45, 2.75) is 20.3 Å². The quantitative estimate of drug-likeness (QED) is 0.924. The van der Waals surface area contributed by atoms with Crippen LogP contribution in [0.25, 0.3) is 0 Å². The number of carbonyl (C=O) groups excluding carboxylic acids is 1. The van der Waals surface area contributed by atoms with Crippen molar-refractivity contribution in [1.82, 2.24) is 4.90 Å². The summed E-state index contributed by atoms with van der Waals surface area (Å²) in [6.45, 7) is 5.20. The Morgan fingerprint density at radius 2 is 2.10 bits per heavy atom. The summed E-state index contributed by atoms with van der Waals surface area (Å²) in [6.07, 6.45) is 0.499. The second-order valence-corrected chi connectivity index (χ2v) is 5.39. The number of aliphatic carboxylic acids is 1. The van der Waals surface area contributed by atoms with E-state index < -0.39 is 5.97 Å². The highest BCUT2D eigenvalue weighted by Crippen LogP contribution is 2.27. The molecule has 2 atom stereocenters. The molecule has 1 N–H and O–H groups in total. The molecule has 5 heteroatoms. The predicted molar refractivity (Wildman–Crippen MR) is 78.4 cm³/mol. The first-order valence-corrected chi connectivity index (χ1v) is 7.28. The van der Waals surface area contributed by atoms with Crippen LogP contribution in [0.15, 0.2) is 24.3 Å². The van der Waals surface area contributed by atoms with Gasteiger partial charge in [0.25, 0.3) is 5.91 Å². The van der Waals surface area contributed by atoms with Gasteiger partial charge in [-0.05, 0) is 31.4 Å². The minimum atomic E-state index is -0.774. The summed E-state index contributed by atoms with van der Waals surface area (Å²) in [5.41, 5.74) is 0.542. The lowest BCUT2D eigenvalue weighted by Gasteiger charge is -2.35. The minimum absolute atomic E-state index is 0.0422. The average Bonchev–Trinajstić information content (AvgIpc) is 2.47. The number of piperidine rings is 1. The van der Waals surface area contributed by atoms with Crippen molar-refractivity contribution in [1.29, 1.82) is 0 Å². The Hall–Kier alpha value is -2.04. The van der Waals surface area contributed by atoms with E-state index in [1.165, 1.54) is 0 Å². The van der Waals surface area contributed by atoms with Gasteiger partial charge in [0.15, 0.2) is 0 Å². The molecule has 1 aliphatic rings. The largest absolute Gasteiger partial charge is 0.493 e. The number of ether oxygens (including phenoxy) is 1. The lowest BCUT2D eigenvalue weighted by Crippen LogP contribution is -2.45. The summed E-state index contributed by atoms with van der Waals surface area (Å²) in [5, 5.41) is 9.14. The number of benzene rings is 1. The molecule has 0 aliphatic carbocycles. The molecule has 1 heterocycles. The van der Waals surface area contributed by atoms with Crippen LogP contribution < -0.4 is 4.74 Å². The van der Waals surface area contributed by atoms with Crippen LogP contribution in [0.2, 0.25) is 0 Å². The third kappa shape index (κ3) is 3.35. The van der Waals surface area contributed by atoms with E-state index in [4.69, 9.17) is 9.84 Å². The number of hydrogen-bond acceptors (Lipinski definition) is 3. The molecular weight excluding hydrogens is 270 g/mol. The number of carbonyl (C=O) groups is 2. The molecule has 114 valence electrons. The van der Waals surface area contributed by atoms with Crippen molar-refractivity contribution in [3.8, 4) is 5.75 Å². The van der Waals surface area contributed by atoms with Crippen molar-refractivity contribution in [3.05, 3.63) is 29.8 Å². The average molecular weight is 291 g/mol. The molecule has 21 heavy (non-hydrogen) atoms. The van der Waals surface area contributed by atoms with Gasteiger partial charge in [0.1, 0.15) is 5.75 Å². The second-order valence-electron chi connectivity index (χ2n) is 5.39. The van der Waals surface area contributed by atoms with Crippen LogP contribution in [-0.4, -0.2) is 41.6 Å². The summed E-state index contributed by atoms with van der Waals surface area (Å²) in [4.78, 5) is 25.5. The number of amides is 1. The third-order valence-electron chi connectivity index (χ3n) is 3.93. The first-order valence-electron chi connectivity index (χ1n) is 7.28. The Balaban J connectivity index is 2.13. The maximum absolute atomic E-state index is 12.6. The van der Waals surface area contributed by atoms with Gasteiger partial charge in [-0.3, -0.25) is 9.59 Å². The summed E-state index contributed by atoms with van der Waals surface area (Å²) >= 11 is 0. The highest BCUT2D eigenvalue weighted by molar-refractivity contribution is 5.97. The van der Waals surface area contributed by atoms with E-state index in [9.17, 15) is 9.59 Å². The predicted octanol–water partition coefficient (Wildman–Crippen LogP) is 2.27. The van der Waals surface area contributed by atoms with E-state index in [1.54, 1.807) is 17.0 Å². The number of para-hydroxylation sites is 1. The molecule has 0 radical (unpaired) electrons. The number of likely N-dealkylation sites (tertiary alicyclic amines) is 1. The molecule has 5 nitrogen and oxygen atoms in total. The summed E-state index contributed by atoms with van der Waals surface area (Å²) in [5.74, 6) is -0.687. The maximum atomic E-state index is 12.6. The van der Waals surface area contributed by atoms with Gasteiger partial charge >= 0.3 is 5.97 Å². The van der Waals surface area contributed by atoms with Gasteiger partial charge in [0.05, 0.1) is 18.1 Å². The fourth-order valence-corrected chi connectivity index (χ4v) is 2.79. The van der Waals surface area contributed by atoms with E-state index in [-0.39, 0.29) is 17.7 Å². The standard InChI is InChI=1S/C16H21NO4/c1-3-21-14-7-5-4-6-13(14)15(18)17-9-8-12(16(19)20)11(2)10-17/h4-7,11-12H,3,8-10H2,1-2H3,(H,19,20). The summed E-state index contributed by atoms with van der Waals surface area (Å²) < 4.78 is 5.49. The van der Waals surface area contributed by atoms with Crippen LogP contribution in [-0.2, 0) is 4.79 Å². The lowest BCUT2D eigenvalue weighted by molar-refractivity contribution is -0.145. The lowest BCUT2D eigenvalue weighted by atomic mass is 9.87. The first kappa shape index (κ1) is 15.4. The van der Waals surface area contributed by atoms with Crippen LogP contribution in [0.1, 0.15) is 30.6 Å². The minimum Gasteiger partial charge on any atom is -0.493 e. The van der Waals surface area contributed by atoms with Gasteiger partial charge < -0.3 is 14.7 Å². The molecule has 0 bridgehead atoms. The van der Waals surface area contributed by atoms with Gasteiger partial charge in [0.2, 0.25) is 0 Å². The highest BCUT2D eigenvalue weighted by Gasteiger charge is 2.33. The summed E-state index contributed by atoms with van der Waals surface area (Å²) in [7, 11) is 0. The van der Waals surface area contributed by atoms with Crippen molar-refractivity contribution in [2.75, 3.05) is 19.7 Å². The Bertz CT molecular complexity index is 529. The first-order chi connectivity index (χ1) is 10.0. The van der Waals surface area contributed by atoms with Crippen molar-refractivity contribution >= 4 is 11.9 Å². The molecule has 1 aromatic rings. The maximum Gasteiger partial charge on any atom is 0.306 e. The molecule has 0 aromatic heterocycles. The van der Waals surface area contributed by atoms with Crippen LogP contribution in [0.5, 0.6) is 5.75 Å². The molecule has 2 rings (SSSR count). The molecular formula is C16H21NO4. The van der Waals surface area contributed by atoms with Crippen molar-refractivity contribution in [3.63, 3.8) is 0 Å². The zero-order valence-corrected chi connectivity index (χ0v) is 12.4. The van der Waals surface area contributed by atoms with Crippen LogP contribution >= 0.6 is 0 Å². The fraction of sp³-hybridized carbons (Fsp3) is 0.500. The van der Waals surface area contributed by atoms with E-state index in [0.717, 1.165) is 0 Å². The molecule has 1 amide bonds. The van der Waals surface area contributed by atoms with E-state index in [2.05, 4.69) is 0 Å². The topological polar surface area (TPSA) is 66.8 Å². The van der Waals surface area contributed by atoms with Crippen LogP contribution in [0.4, 0.5) is 0 Å². The molecule has 1 fully saturated rings. The normalized spacial score (nSPS) is 21.9. The Labute approximate surface area is 124 Å².